The number of aliphatic imine (C=N–C) groups is 1. The first-order valence-corrected chi connectivity index (χ1v) is 8.21. The largest absolute Gasteiger partial charge is 0.354 e. The molecule has 0 aliphatic heterocycles. The molecule has 0 aromatic heterocycles. The lowest BCUT2D eigenvalue weighted by Gasteiger charge is -2.29. The molecule has 1 aliphatic carbocycles. The highest BCUT2D eigenvalue weighted by molar-refractivity contribution is 14.0. The smallest absolute Gasteiger partial charge is 0.191 e. The van der Waals surface area contributed by atoms with Crippen LogP contribution in [0.25, 0.3) is 0 Å². The molecule has 1 aliphatic rings. The van der Waals surface area contributed by atoms with Crippen LogP contribution in [0, 0.1) is 17.2 Å². The minimum atomic E-state index is 0. The third-order valence-corrected chi connectivity index (χ3v) is 4.53. The molecule has 1 fully saturated rings. The van der Waals surface area contributed by atoms with Gasteiger partial charge in [0.2, 0.25) is 0 Å². The van der Waals surface area contributed by atoms with Gasteiger partial charge in [0.15, 0.2) is 5.96 Å². The number of hydrogen-bond donors (Lipinski definition) is 2. The number of hydrogen-bond acceptors (Lipinski definition) is 2. The van der Waals surface area contributed by atoms with Crippen molar-refractivity contribution in [3.63, 3.8) is 0 Å². The minimum Gasteiger partial charge on any atom is -0.354 e. The molecule has 1 saturated carbocycles. The predicted octanol–water partition coefficient (Wildman–Crippen LogP) is 3.81. The highest BCUT2D eigenvalue weighted by Gasteiger charge is 2.20. The van der Waals surface area contributed by atoms with Crippen LogP contribution in [0.1, 0.15) is 50.2 Å². The van der Waals surface area contributed by atoms with Crippen LogP contribution in [0.2, 0.25) is 0 Å². The standard InChI is InChI=1S/C18H26N4.HI/c1-3-14-8-10-17(11-9-14)22-18(20-2)21-13-16-6-4-15(12-19)5-7-16;/h4-7,14,17H,3,8-11,13H2,1-2H3,(H2,20,21,22);1H. The molecule has 0 saturated heterocycles. The third kappa shape index (κ3) is 6.38. The van der Waals surface area contributed by atoms with Gasteiger partial charge in [-0.05, 0) is 49.3 Å². The summed E-state index contributed by atoms with van der Waals surface area (Å²) in [5.74, 6) is 1.77. The third-order valence-electron chi connectivity index (χ3n) is 4.53. The molecule has 0 spiro atoms. The van der Waals surface area contributed by atoms with E-state index in [-0.39, 0.29) is 24.0 Å². The van der Waals surface area contributed by atoms with Gasteiger partial charge >= 0.3 is 0 Å². The Labute approximate surface area is 156 Å². The Kier molecular flexibility index (Phi) is 9.00. The fourth-order valence-electron chi connectivity index (χ4n) is 2.99. The van der Waals surface area contributed by atoms with E-state index in [2.05, 4.69) is 28.6 Å². The Morgan fingerprint density at radius 2 is 1.87 bits per heavy atom. The Balaban J connectivity index is 0.00000264. The van der Waals surface area contributed by atoms with Crippen molar-refractivity contribution in [3.05, 3.63) is 35.4 Å². The Bertz CT molecular complexity index is 525. The molecule has 0 heterocycles. The summed E-state index contributed by atoms with van der Waals surface area (Å²) in [5, 5.41) is 15.7. The van der Waals surface area contributed by atoms with E-state index in [4.69, 9.17) is 5.26 Å². The van der Waals surface area contributed by atoms with Gasteiger partial charge in [0.05, 0.1) is 11.6 Å². The number of rotatable bonds is 4. The molecule has 0 radical (unpaired) electrons. The summed E-state index contributed by atoms with van der Waals surface area (Å²) < 4.78 is 0. The van der Waals surface area contributed by atoms with Crippen LogP contribution in [0.15, 0.2) is 29.3 Å². The van der Waals surface area contributed by atoms with Crippen molar-refractivity contribution in [1.82, 2.24) is 10.6 Å². The molecule has 0 amide bonds. The maximum atomic E-state index is 8.81. The molecular weight excluding hydrogens is 399 g/mol. The molecule has 4 nitrogen and oxygen atoms in total. The molecule has 0 bridgehead atoms. The summed E-state index contributed by atoms with van der Waals surface area (Å²) in [4.78, 5) is 4.31. The Morgan fingerprint density at radius 1 is 1.22 bits per heavy atom. The van der Waals surface area contributed by atoms with Gasteiger partial charge in [-0.3, -0.25) is 4.99 Å². The van der Waals surface area contributed by atoms with Crippen molar-refractivity contribution >= 4 is 29.9 Å². The van der Waals surface area contributed by atoms with Crippen LogP contribution in [-0.2, 0) is 6.54 Å². The lowest BCUT2D eigenvalue weighted by Crippen LogP contribution is -2.44. The molecule has 1 aromatic rings. The average molecular weight is 426 g/mol. The van der Waals surface area contributed by atoms with E-state index >= 15 is 0 Å². The van der Waals surface area contributed by atoms with E-state index in [9.17, 15) is 0 Å². The lowest BCUT2D eigenvalue weighted by molar-refractivity contribution is 0.304. The van der Waals surface area contributed by atoms with Gasteiger partial charge in [-0.2, -0.15) is 5.26 Å². The zero-order valence-electron chi connectivity index (χ0n) is 14.0. The number of benzene rings is 1. The van der Waals surface area contributed by atoms with Crippen LogP contribution < -0.4 is 10.6 Å². The normalized spacial score (nSPS) is 21.0. The predicted molar refractivity (Wildman–Crippen MR) is 106 cm³/mol. The zero-order valence-corrected chi connectivity index (χ0v) is 16.3. The molecular formula is C18H27IN4. The van der Waals surface area contributed by atoms with E-state index in [0.29, 0.717) is 11.6 Å². The maximum Gasteiger partial charge on any atom is 0.191 e. The van der Waals surface area contributed by atoms with Crippen molar-refractivity contribution < 1.29 is 0 Å². The fraction of sp³-hybridized carbons (Fsp3) is 0.556. The molecule has 0 unspecified atom stereocenters. The van der Waals surface area contributed by atoms with Gasteiger partial charge in [-0.25, -0.2) is 0 Å². The van der Waals surface area contributed by atoms with Gasteiger partial charge in [0.25, 0.3) is 0 Å². The van der Waals surface area contributed by atoms with Gasteiger partial charge in [-0.15, -0.1) is 24.0 Å². The number of nitriles is 1. The number of halogens is 1. The average Bonchev–Trinajstić information content (AvgIpc) is 2.59. The topological polar surface area (TPSA) is 60.2 Å². The SMILES string of the molecule is CCC1CCC(NC(=NC)NCc2ccc(C#N)cc2)CC1.I. The summed E-state index contributed by atoms with van der Waals surface area (Å²) in [6.45, 7) is 3.01. The van der Waals surface area contributed by atoms with E-state index in [1.54, 1.807) is 0 Å². The van der Waals surface area contributed by atoms with E-state index in [1.807, 2.05) is 31.3 Å². The lowest BCUT2D eigenvalue weighted by atomic mass is 9.84. The second-order valence-corrected chi connectivity index (χ2v) is 6.00. The molecule has 5 heteroatoms. The summed E-state index contributed by atoms with van der Waals surface area (Å²) >= 11 is 0. The van der Waals surface area contributed by atoms with Crippen LogP contribution in [-0.4, -0.2) is 19.0 Å². The van der Waals surface area contributed by atoms with Crippen LogP contribution in [0.5, 0.6) is 0 Å². The molecule has 2 rings (SSSR count). The monoisotopic (exact) mass is 426 g/mol. The molecule has 126 valence electrons. The van der Waals surface area contributed by atoms with Crippen LogP contribution in [0.3, 0.4) is 0 Å². The van der Waals surface area contributed by atoms with E-state index in [0.717, 1.165) is 24.0 Å². The van der Waals surface area contributed by atoms with Crippen LogP contribution >= 0.6 is 24.0 Å². The number of nitrogens with one attached hydrogen (secondary N) is 2. The fourth-order valence-corrected chi connectivity index (χ4v) is 2.99. The zero-order chi connectivity index (χ0) is 15.8. The molecule has 1 aromatic carbocycles. The van der Waals surface area contributed by atoms with Gasteiger partial charge in [0, 0.05) is 19.6 Å². The summed E-state index contributed by atoms with van der Waals surface area (Å²) in [6.07, 6.45) is 6.41. The Hall–Kier alpha value is -1.29. The second-order valence-electron chi connectivity index (χ2n) is 6.00. The van der Waals surface area contributed by atoms with Gasteiger partial charge < -0.3 is 10.6 Å². The quantitative estimate of drug-likeness (QED) is 0.437. The highest BCUT2D eigenvalue weighted by Crippen LogP contribution is 2.26. The first kappa shape index (κ1) is 19.8. The van der Waals surface area contributed by atoms with E-state index in [1.165, 1.54) is 32.1 Å². The summed E-state index contributed by atoms with van der Waals surface area (Å²) in [7, 11) is 1.81. The van der Waals surface area contributed by atoms with E-state index < -0.39 is 0 Å². The minimum absolute atomic E-state index is 0. The molecule has 23 heavy (non-hydrogen) atoms. The number of guanidine groups is 1. The summed E-state index contributed by atoms with van der Waals surface area (Å²) in [6, 6.07) is 10.3. The van der Waals surface area contributed by atoms with Crippen molar-refractivity contribution in [2.24, 2.45) is 10.9 Å². The molecule has 0 atom stereocenters. The first-order valence-electron chi connectivity index (χ1n) is 8.21. The first-order chi connectivity index (χ1) is 10.7. The Morgan fingerprint density at radius 3 is 2.39 bits per heavy atom. The van der Waals surface area contributed by atoms with Gasteiger partial charge in [0.1, 0.15) is 0 Å². The number of nitrogens with zero attached hydrogens (tertiary/aromatic N) is 2. The maximum absolute atomic E-state index is 8.81. The van der Waals surface area contributed by atoms with Crippen molar-refractivity contribution in [2.75, 3.05) is 7.05 Å². The summed E-state index contributed by atoms with van der Waals surface area (Å²) in [5.41, 5.74) is 1.84. The van der Waals surface area contributed by atoms with Crippen molar-refractivity contribution in [2.45, 2.75) is 51.6 Å². The van der Waals surface area contributed by atoms with Crippen LogP contribution in [0.4, 0.5) is 0 Å². The second kappa shape index (κ2) is 10.5. The molecule has 2 N–H and O–H groups in total. The van der Waals surface area contributed by atoms with Gasteiger partial charge in [-0.1, -0.05) is 25.5 Å². The highest BCUT2D eigenvalue weighted by atomic mass is 127. The van der Waals surface area contributed by atoms with Crippen molar-refractivity contribution in [3.8, 4) is 6.07 Å². The van der Waals surface area contributed by atoms with Crippen molar-refractivity contribution in [1.29, 1.82) is 5.26 Å².